The fraction of sp³-hybridized carbons (Fsp3) is 0.538. The van der Waals surface area contributed by atoms with E-state index in [1.807, 2.05) is 6.92 Å². The van der Waals surface area contributed by atoms with Gasteiger partial charge in [0.05, 0.1) is 24.7 Å². The molecular formula is C13H20NO5S2+. The van der Waals surface area contributed by atoms with Crippen LogP contribution in [0.5, 0.6) is 0 Å². The summed E-state index contributed by atoms with van der Waals surface area (Å²) < 4.78 is 25.9. The molecule has 1 saturated carbocycles. The van der Waals surface area contributed by atoms with E-state index in [4.69, 9.17) is 0 Å². The molecule has 118 valence electrons. The molecule has 0 spiro atoms. The smallest absolute Gasteiger partial charge is 0.325 e. The molecule has 1 aromatic rings. The number of quaternary nitrogens is 1. The van der Waals surface area contributed by atoms with Gasteiger partial charge in [-0.1, -0.05) is 17.7 Å². The van der Waals surface area contributed by atoms with E-state index in [2.05, 4.69) is 12.6 Å². The highest BCUT2D eigenvalue weighted by Crippen LogP contribution is 2.36. The minimum Gasteiger partial charge on any atom is -0.396 e. The molecule has 21 heavy (non-hydrogen) atoms. The first-order valence-corrected chi connectivity index (χ1v) is 8.56. The summed E-state index contributed by atoms with van der Waals surface area (Å²) in [5, 5.41) is 28.9. The predicted octanol–water partition coefficient (Wildman–Crippen LogP) is -1.39. The number of aliphatic hydroxyl groups is 3. The van der Waals surface area contributed by atoms with Crippen molar-refractivity contribution in [2.24, 2.45) is 5.92 Å². The molecule has 1 aliphatic carbocycles. The molecule has 1 fully saturated rings. The zero-order valence-corrected chi connectivity index (χ0v) is 13.3. The normalized spacial score (nSPS) is 33.3. The summed E-state index contributed by atoms with van der Waals surface area (Å²) in [5.74, 6) is -0.837. The molecular weight excluding hydrogens is 314 g/mol. The molecule has 8 heteroatoms. The largest absolute Gasteiger partial charge is 0.396 e. The Balaban J connectivity index is 2.29. The number of primary sulfonamides is 1. The maximum absolute atomic E-state index is 12.4. The Kier molecular flexibility index (Phi) is 4.67. The molecule has 0 aliphatic heterocycles. The van der Waals surface area contributed by atoms with Gasteiger partial charge in [-0.2, -0.15) is 8.42 Å². The van der Waals surface area contributed by atoms with Gasteiger partial charge in [0.2, 0.25) is 0 Å². The van der Waals surface area contributed by atoms with Gasteiger partial charge < -0.3 is 15.3 Å². The van der Waals surface area contributed by atoms with E-state index < -0.39 is 39.6 Å². The van der Waals surface area contributed by atoms with Crippen molar-refractivity contribution in [3.05, 3.63) is 29.8 Å². The van der Waals surface area contributed by atoms with Crippen LogP contribution in [0, 0.1) is 12.8 Å². The highest BCUT2D eigenvalue weighted by atomic mass is 32.2. The third-order valence-electron chi connectivity index (χ3n) is 3.89. The number of aryl methyl sites for hydroxylation is 1. The summed E-state index contributed by atoms with van der Waals surface area (Å²) in [4.78, 5) is -1.16. The summed E-state index contributed by atoms with van der Waals surface area (Å²) in [6.07, 6.45) is -2.34. The van der Waals surface area contributed by atoms with Gasteiger partial charge in [-0.15, -0.1) is 12.6 Å². The fourth-order valence-electron chi connectivity index (χ4n) is 2.64. The second-order valence-corrected chi connectivity index (χ2v) is 8.15. The lowest BCUT2D eigenvalue weighted by Crippen LogP contribution is -2.98. The highest BCUT2D eigenvalue weighted by molar-refractivity contribution is 7.86. The number of hydrogen-bond donors (Lipinski definition) is 5. The maximum Gasteiger partial charge on any atom is 0.325 e. The molecule has 5 N–H and O–H groups in total. The van der Waals surface area contributed by atoms with Crippen LogP contribution in [0.25, 0.3) is 0 Å². The third-order valence-corrected chi connectivity index (χ3v) is 6.37. The minimum absolute atomic E-state index is 0.0341. The Labute approximate surface area is 129 Å². The zero-order chi connectivity index (χ0) is 15.8. The van der Waals surface area contributed by atoms with Crippen LogP contribution in [-0.2, 0) is 10.0 Å². The molecule has 1 unspecified atom stereocenters. The van der Waals surface area contributed by atoms with Gasteiger partial charge in [0.15, 0.2) is 4.87 Å². The molecule has 0 heterocycles. The summed E-state index contributed by atoms with van der Waals surface area (Å²) in [6, 6.07) is 6.36. The van der Waals surface area contributed by atoms with Crippen LogP contribution in [0.4, 0.5) is 0 Å². The lowest BCUT2D eigenvalue weighted by Gasteiger charge is -2.27. The SMILES string of the molecule is Cc1ccc(S(=O)(=O)[NH2+]C2(S)C[C@H](O)[C@@H](O)[C@@H]2CO)cc1. The van der Waals surface area contributed by atoms with Gasteiger partial charge in [0.1, 0.15) is 4.90 Å². The second kappa shape index (κ2) is 5.86. The molecule has 2 rings (SSSR count). The quantitative estimate of drug-likeness (QED) is 0.344. The van der Waals surface area contributed by atoms with Crippen LogP contribution in [0.2, 0.25) is 0 Å². The average molecular weight is 334 g/mol. The van der Waals surface area contributed by atoms with Gasteiger partial charge >= 0.3 is 10.0 Å². The van der Waals surface area contributed by atoms with Gasteiger partial charge in [-0.25, -0.2) is 4.72 Å². The van der Waals surface area contributed by atoms with Crippen LogP contribution in [0.15, 0.2) is 29.2 Å². The maximum atomic E-state index is 12.4. The first kappa shape index (κ1) is 16.7. The first-order chi connectivity index (χ1) is 9.69. The molecule has 6 nitrogen and oxygen atoms in total. The molecule has 1 aromatic carbocycles. The molecule has 0 bridgehead atoms. The van der Waals surface area contributed by atoms with Crippen molar-refractivity contribution in [3.8, 4) is 0 Å². The molecule has 0 saturated heterocycles. The van der Waals surface area contributed by atoms with E-state index in [0.717, 1.165) is 10.3 Å². The zero-order valence-electron chi connectivity index (χ0n) is 11.5. The second-order valence-electron chi connectivity index (χ2n) is 5.52. The number of aliphatic hydroxyl groups excluding tert-OH is 3. The van der Waals surface area contributed by atoms with E-state index in [1.165, 1.54) is 12.1 Å². The fourth-order valence-corrected chi connectivity index (χ4v) is 4.93. The Morgan fingerprint density at radius 3 is 2.43 bits per heavy atom. The Morgan fingerprint density at radius 1 is 1.33 bits per heavy atom. The average Bonchev–Trinajstić information content (AvgIpc) is 2.58. The number of rotatable bonds is 4. The van der Waals surface area contributed by atoms with E-state index >= 15 is 0 Å². The lowest BCUT2D eigenvalue weighted by molar-refractivity contribution is -0.564. The summed E-state index contributed by atoms with van der Waals surface area (Å²) >= 11 is 4.32. The molecule has 4 atom stereocenters. The van der Waals surface area contributed by atoms with Crippen LogP contribution in [0.3, 0.4) is 0 Å². The van der Waals surface area contributed by atoms with E-state index in [-0.39, 0.29) is 11.3 Å². The van der Waals surface area contributed by atoms with Crippen LogP contribution in [-0.4, -0.2) is 47.4 Å². The van der Waals surface area contributed by atoms with E-state index in [0.29, 0.717) is 0 Å². The van der Waals surface area contributed by atoms with Crippen molar-refractivity contribution in [2.75, 3.05) is 6.61 Å². The van der Waals surface area contributed by atoms with Gasteiger partial charge in [-0.05, 0) is 19.1 Å². The molecule has 1 aliphatic rings. The van der Waals surface area contributed by atoms with Gasteiger partial charge in [-0.3, -0.25) is 0 Å². The number of sulfonamides is 1. The minimum atomic E-state index is -3.74. The molecule has 0 amide bonds. The number of thiol groups is 1. The van der Waals surface area contributed by atoms with Gasteiger partial charge in [0.25, 0.3) is 0 Å². The first-order valence-electron chi connectivity index (χ1n) is 6.56. The van der Waals surface area contributed by atoms with Crippen LogP contribution < -0.4 is 4.72 Å². The van der Waals surface area contributed by atoms with Crippen molar-refractivity contribution in [1.82, 2.24) is 0 Å². The van der Waals surface area contributed by atoms with Crippen molar-refractivity contribution in [3.63, 3.8) is 0 Å². The van der Waals surface area contributed by atoms with Crippen molar-refractivity contribution < 1.29 is 28.5 Å². The molecule has 0 radical (unpaired) electrons. The monoisotopic (exact) mass is 334 g/mol. The Morgan fingerprint density at radius 2 is 1.90 bits per heavy atom. The van der Waals surface area contributed by atoms with Crippen molar-refractivity contribution in [1.29, 1.82) is 0 Å². The topological polar surface area (TPSA) is 111 Å². The van der Waals surface area contributed by atoms with Crippen molar-refractivity contribution in [2.45, 2.75) is 35.3 Å². The van der Waals surface area contributed by atoms with Crippen LogP contribution in [0.1, 0.15) is 12.0 Å². The predicted molar refractivity (Wildman–Crippen MR) is 79.2 cm³/mol. The highest BCUT2D eigenvalue weighted by Gasteiger charge is 2.55. The van der Waals surface area contributed by atoms with E-state index in [1.54, 1.807) is 12.1 Å². The lowest BCUT2D eigenvalue weighted by atomic mass is 10.0. The summed E-state index contributed by atoms with van der Waals surface area (Å²) in [5.41, 5.74) is 0.939. The summed E-state index contributed by atoms with van der Waals surface area (Å²) in [6.45, 7) is 1.40. The third kappa shape index (κ3) is 3.25. The van der Waals surface area contributed by atoms with Crippen LogP contribution >= 0.6 is 12.6 Å². The van der Waals surface area contributed by atoms with Gasteiger partial charge in [0, 0.05) is 6.42 Å². The standard InChI is InChI=1S/C13H19NO5S2/c1-8-2-4-9(5-3-8)21(18,19)14-13(20)6-11(16)12(17)10(13)7-15/h2-5,10-12,14-17,20H,6-7H2,1H3/p+1/t10-,11-,12-,13?/m0/s1. The molecule has 0 aromatic heterocycles. The number of hydrogen-bond acceptors (Lipinski definition) is 6. The van der Waals surface area contributed by atoms with Crippen molar-refractivity contribution >= 4 is 22.7 Å². The number of nitrogens with two attached hydrogens (primary N) is 1. The Hall–Kier alpha value is -0.640. The van der Waals surface area contributed by atoms with E-state index in [9.17, 15) is 23.7 Å². The summed E-state index contributed by atoms with van der Waals surface area (Å²) in [7, 11) is -3.74. The number of benzene rings is 1. The Bertz CT molecular complexity index is 603.